The second-order valence-corrected chi connectivity index (χ2v) is 11.0. The van der Waals surface area contributed by atoms with Gasteiger partial charge < -0.3 is 10.2 Å². The third kappa shape index (κ3) is 8.12. The van der Waals surface area contributed by atoms with E-state index in [0.717, 1.165) is 29.0 Å². The van der Waals surface area contributed by atoms with Crippen LogP contribution in [0.2, 0.25) is 10.0 Å². The Labute approximate surface area is 218 Å². The van der Waals surface area contributed by atoms with E-state index in [1.165, 1.54) is 4.90 Å². The Bertz CT molecular complexity index is 1120. The lowest BCUT2D eigenvalue weighted by Crippen LogP contribution is -2.52. The van der Waals surface area contributed by atoms with Crippen LogP contribution in [0.4, 0.5) is 5.69 Å². The van der Waals surface area contributed by atoms with Crippen LogP contribution in [0, 0.1) is 0 Å². The third-order valence-corrected chi connectivity index (χ3v) is 7.33. The van der Waals surface area contributed by atoms with Crippen LogP contribution >= 0.6 is 23.2 Å². The Morgan fingerprint density at radius 2 is 1.69 bits per heavy atom. The molecule has 2 amide bonds. The highest BCUT2D eigenvalue weighted by molar-refractivity contribution is 7.92. The van der Waals surface area contributed by atoms with Crippen LogP contribution in [0.15, 0.2) is 42.5 Å². The van der Waals surface area contributed by atoms with Gasteiger partial charge >= 0.3 is 0 Å². The molecule has 2 aromatic carbocycles. The number of nitrogens with zero attached hydrogens (tertiary/aromatic N) is 2. The van der Waals surface area contributed by atoms with Crippen molar-refractivity contribution < 1.29 is 18.0 Å². The maximum atomic E-state index is 13.6. The lowest BCUT2D eigenvalue weighted by molar-refractivity contribution is -0.140. The molecule has 0 radical (unpaired) electrons. The molecule has 1 atom stereocenters. The summed E-state index contributed by atoms with van der Waals surface area (Å²) in [4.78, 5) is 28.0. The maximum Gasteiger partial charge on any atom is 0.244 e. The van der Waals surface area contributed by atoms with Crippen molar-refractivity contribution in [1.82, 2.24) is 10.2 Å². The summed E-state index contributed by atoms with van der Waals surface area (Å²) in [6.45, 7) is 5.79. The highest BCUT2D eigenvalue weighted by Gasteiger charge is 2.32. The zero-order valence-electron chi connectivity index (χ0n) is 20.6. The fraction of sp³-hybridized carbons (Fsp3) is 0.440. The summed E-state index contributed by atoms with van der Waals surface area (Å²) in [7, 11) is -3.78. The molecule has 0 spiro atoms. The number of rotatable bonds is 12. The number of sulfonamides is 1. The van der Waals surface area contributed by atoms with Crippen LogP contribution in [0.1, 0.15) is 44.7 Å². The molecule has 0 aliphatic rings. The molecular formula is C25H33Cl2N3O4S. The van der Waals surface area contributed by atoms with Gasteiger partial charge in [0.1, 0.15) is 12.6 Å². The Morgan fingerprint density at radius 1 is 1.03 bits per heavy atom. The quantitative estimate of drug-likeness (QED) is 0.423. The summed E-state index contributed by atoms with van der Waals surface area (Å²) in [5, 5.41) is 3.64. The van der Waals surface area contributed by atoms with Crippen molar-refractivity contribution in [2.75, 3.05) is 23.7 Å². The van der Waals surface area contributed by atoms with E-state index >= 15 is 0 Å². The van der Waals surface area contributed by atoms with Crippen molar-refractivity contribution in [3.05, 3.63) is 63.6 Å². The van der Waals surface area contributed by atoms with Crippen LogP contribution in [-0.4, -0.2) is 50.5 Å². The summed E-state index contributed by atoms with van der Waals surface area (Å²) < 4.78 is 26.4. The summed E-state index contributed by atoms with van der Waals surface area (Å²) >= 11 is 12.4. The van der Waals surface area contributed by atoms with E-state index in [1.54, 1.807) is 37.3 Å². The monoisotopic (exact) mass is 541 g/mol. The SMILES string of the molecule is CCCNC(=O)C(CC)N(Cc1ccc(Cl)cc1Cl)C(=O)CN(c1ccc(CC)cc1)S(C)(=O)=O. The molecule has 0 saturated heterocycles. The van der Waals surface area contributed by atoms with Crippen LogP contribution in [0.3, 0.4) is 0 Å². The van der Waals surface area contributed by atoms with Gasteiger partial charge in [0.15, 0.2) is 0 Å². The summed E-state index contributed by atoms with van der Waals surface area (Å²) in [6.07, 6.45) is 2.95. The zero-order chi connectivity index (χ0) is 26.2. The molecule has 2 rings (SSSR count). The number of nitrogens with one attached hydrogen (secondary N) is 1. The van der Waals surface area contributed by atoms with Crippen molar-refractivity contribution >= 4 is 50.7 Å². The molecular weight excluding hydrogens is 509 g/mol. The minimum absolute atomic E-state index is 0.0270. The number of hydrogen-bond donors (Lipinski definition) is 1. The Hall–Kier alpha value is -2.29. The summed E-state index contributed by atoms with van der Waals surface area (Å²) in [5.41, 5.74) is 2.03. The average Bonchev–Trinajstić information content (AvgIpc) is 2.81. The number of aryl methyl sites for hydroxylation is 1. The lowest BCUT2D eigenvalue weighted by atomic mass is 10.1. The van der Waals surface area contributed by atoms with Gasteiger partial charge in [-0.2, -0.15) is 0 Å². The minimum Gasteiger partial charge on any atom is -0.354 e. The molecule has 0 saturated carbocycles. The number of hydrogen-bond acceptors (Lipinski definition) is 4. The van der Waals surface area contributed by atoms with Crippen LogP contribution < -0.4 is 9.62 Å². The molecule has 7 nitrogen and oxygen atoms in total. The molecule has 0 aliphatic carbocycles. The van der Waals surface area contributed by atoms with Gasteiger partial charge in [-0.15, -0.1) is 0 Å². The molecule has 0 heterocycles. The van der Waals surface area contributed by atoms with E-state index < -0.39 is 28.5 Å². The zero-order valence-corrected chi connectivity index (χ0v) is 22.9. The van der Waals surface area contributed by atoms with Crippen molar-refractivity contribution in [2.45, 2.75) is 52.6 Å². The normalized spacial score (nSPS) is 12.2. The average molecular weight is 543 g/mol. The predicted molar refractivity (Wildman–Crippen MR) is 142 cm³/mol. The second kappa shape index (κ2) is 13.1. The smallest absolute Gasteiger partial charge is 0.244 e. The molecule has 192 valence electrons. The first-order chi connectivity index (χ1) is 16.5. The second-order valence-electron chi connectivity index (χ2n) is 8.26. The third-order valence-electron chi connectivity index (χ3n) is 5.60. The van der Waals surface area contributed by atoms with Crippen molar-refractivity contribution in [3.8, 4) is 0 Å². The van der Waals surface area contributed by atoms with Gasteiger partial charge in [-0.3, -0.25) is 13.9 Å². The fourth-order valence-electron chi connectivity index (χ4n) is 3.63. The molecule has 0 aromatic heterocycles. The predicted octanol–water partition coefficient (Wildman–Crippen LogP) is 4.66. The topological polar surface area (TPSA) is 86.8 Å². The van der Waals surface area contributed by atoms with E-state index in [4.69, 9.17) is 23.2 Å². The minimum atomic E-state index is -3.78. The Morgan fingerprint density at radius 3 is 2.20 bits per heavy atom. The standard InChI is InChI=1S/C25H33Cl2N3O4S/c1-5-14-28-25(32)23(7-3)29(16-19-10-11-20(26)15-22(19)27)24(31)17-30(35(4,33)34)21-12-8-18(6-2)9-13-21/h8-13,15,23H,5-7,14,16-17H2,1-4H3,(H,28,32). The maximum absolute atomic E-state index is 13.6. The van der Waals surface area contributed by atoms with E-state index in [2.05, 4.69) is 5.32 Å². The van der Waals surface area contributed by atoms with Gasteiger partial charge in [0.2, 0.25) is 21.8 Å². The van der Waals surface area contributed by atoms with Gasteiger partial charge in [-0.05, 0) is 54.7 Å². The summed E-state index contributed by atoms with van der Waals surface area (Å²) in [5.74, 6) is -0.814. The number of anilines is 1. The van der Waals surface area contributed by atoms with Crippen molar-refractivity contribution in [1.29, 1.82) is 0 Å². The van der Waals surface area contributed by atoms with Crippen LogP contribution in [0.25, 0.3) is 0 Å². The van der Waals surface area contributed by atoms with Crippen molar-refractivity contribution in [2.24, 2.45) is 0 Å². The van der Waals surface area contributed by atoms with Crippen LogP contribution in [-0.2, 0) is 32.6 Å². The largest absolute Gasteiger partial charge is 0.354 e. The lowest BCUT2D eigenvalue weighted by Gasteiger charge is -2.33. The fourth-order valence-corrected chi connectivity index (χ4v) is 4.95. The van der Waals surface area contributed by atoms with Gasteiger partial charge in [0, 0.05) is 23.1 Å². The van der Waals surface area contributed by atoms with Crippen molar-refractivity contribution in [3.63, 3.8) is 0 Å². The van der Waals surface area contributed by atoms with Gasteiger partial charge in [-0.25, -0.2) is 8.42 Å². The van der Waals surface area contributed by atoms with E-state index in [0.29, 0.717) is 34.3 Å². The number of carbonyl (C=O) groups excluding carboxylic acids is 2. The first-order valence-electron chi connectivity index (χ1n) is 11.6. The molecule has 1 unspecified atom stereocenters. The number of carbonyl (C=O) groups is 2. The van der Waals surface area contributed by atoms with Crippen LogP contribution in [0.5, 0.6) is 0 Å². The molecule has 0 fully saturated rings. The number of benzene rings is 2. The molecule has 0 bridgehead atoms. The molecule has 0 aliphatic heterocycles. The molecule has 1 N–H and O–H groups in total. The van der Waals surface area contributed by atoms with E-state index in [1.807, 2.05) is 26.0 Å². The number of amides is 2. The highest BCUT2D eigenvalue weighted by atomic mass is 35.5. The first kappa shape index (κ1) is 28.9. The molecule has 2 aromatic rings. The van der Waals surface area contributed by atoms with Gasteiger partial charge in [0.05, 0.1) is 11.9 Å². The molecule has 35 heavy (non-hydrogen) atoms. The summed E-state index contributed by atoms with van der Waals surface area (Å²) in [6, 6.07) is 11.1. The Kier molecular flexibility index (Phi) is 10.9. The first-order valence-corrected chi connectivity index (χ1v) is 14.2. The van der Waals surface area contributed by atoms with Gasteiger partial charge in [0.25, 0.3) is 0 Å². The van der Waals surface area contributed by atoms with Gasteiger partial charge in [-0.1, -0.05) is 62.2 Å². The Balaban J connectivity index is 2.44. The highest BCUT2D eigenvalue weighted by Crippen LogP contribution is 2.25. The van der Waals surface area contributed by atoms with E-state index in [-0.39, 0.29) is 12.5 Å². The van der Waals surface area contributed by atoms with E-state index in [9.17, 15) is 18.0 Å². The number of halogens is 2. The molecule has 10 heteroatoms.